The van der Waals surface area contributed by atoms with Gasteiger partial charge in [-0.2, -0.15) is 0 Å². The van der Waals surface area contributed by atoms with E-state index in [9.17, 15) is 9.59 Å². The van der Waals surface area contributed by atoms with Crippen LogP contribution in [0.15, 0.2) is 30.3 Å². The summed E-state index contributed by atoms with van der Waals surface area (Å²) in [6.07, 6.45) is -0.384. The summed E-state index contributed by atoms with van der Waals surface area (Å²) in [6, 6.07) is 9.02. The molecule has 3 rings (SSSR count). The van der Waals surface area contributed by atoms with Crippen molar-refractivity contribution in [2.24, 2.45) is 5.92 Å². The van der Waals surface area contributed by atoms with Gasteiger partial charge in [0.2, 0.25) is 0 Å². The average molecular weight is 280 g/mol. The summed E-state index contributed by atoms with van der Waals surface area (Å²) in [5, 5.41) is 3.92. The van der Waals surface area contributed by atoms with E-state index in [0.717, 1.165) is 5.69 Å². The highest BCUT2D eigenvalue weighted by molar-refractivity contribution is 6.34. The van der Waals surface area contributed by atoms with Crippen molar-refractivity contribution in [3.8, 4) is 0 Å². The van der Waals surface area contributed by atoms with Crippen molar-refractivity contribution in [2.45, 2.75) is 24.5 Å². The van der Waals surface area contributed by atoms with Gasteiger partial charge in [-0.1, -0.05) is 18.2 Å². The Balaban J connectivity index is 1.90. The van der Waals surface area contributed by atoms with Crippen LogP contribution in [-0.2, 0) is 9.59 Å². The number of nitrogens with zero attached hydrogens (tertiary/aromatic N) is 1. The number of hydrogen-bond acceptors (Lipinski definition) is 4. The minimum absolute atomic E-state index is 0.161. The van der Waals surface area contributed by atoms with Crippen LogP contribution in [-0.4, -0.2) is 29.3 Å². The molecule has 0 spiro atoms. The van der Waals surface area contributed by atoms with Crippen molar-refractivity contribution < 1.29 is 9.59 Å². The number of amides is 1. The van der Waals surface area contributed by atoms with Gasteiger partial charge < -0.3 is 0 Å². The molecule has 0 bridgehead atoms. The molecule has 19 heavy (non-hydrogen) atoms. The predicted octanol–water partition coefficient (Wildman–Crippen LogP) is 0.648. The highest BCUT2D eigenvalue weighted by Gasteiger charge is 2.51. The largest absolute Gasteiger partial charge is 0.297 e. The minimum Gasteiger partial charge on any atom is -0.297 e. The number of para-hydroxylation sites is 1. The van der Waals surface area contributed by atoms with Gasteiger partial charge in [0.25, 0.3) is 5.91 Å². The first-order chi connectivity index (χ1) is 9.09. The first-order valence-electron chi connectivity index (χ1n) is 6.18. The lowest BCUT2D eigenvalue weighted by Crippen LogP contribution is -2.60. The number of alkyl halides is 1. The maximum Gasteiger partial charge on any atom is 0.255 e. The van der Waals surface area contributed by atoms with E-state index in [1.807, 2.05) is 37.3 Å². The topological polar surface area (TPSA) is 61.4 Å². The molecule has 1 aromatic carbocycles. The Morgan fingerprint density at radius 2 is 1.89 bits per heavy atom. The van der Waals surface area contributed by atoms with E-state index < -0.39 is 11.3 Å². The van der Waals surface area contributed by atoms with Crippen LogP contribution >= 0.6 is 11.6 Å². The molecule has 0 aromatic heterocycles. The van der Waals surface area contributed by atoms with Crippen molar-refractivity contribution in [1.29, 1.82) is 0 Å². The van der Waals surface area contributed by atoms with Crippen molar-refractivity contribution >= 4 is 29.0 Å². The second kappa shape index (κ2) is 4.59. The number of anilines is 1. The van der Waals surface area contributed by atoms with E-state index in [-0.39, 0.29) is 23.9 Å². The average Bonchev–Trinajstić information content (AvgIpc) is 2.74. The maximum atomic E-state index is 12.3. The fourth-order valence-corrected chi connectivity index (χ4v) is 2.75. The van der Waals surface area contributed by atoms with E-state index >= 15 is 0 Å². The van der Waals surface area contributed by atoms with Gasteiger partial charge in [-0.3, -0.25) is 14.9 Å². The van der Waals surface area contributed by atoms with Gasteiger partial charge in [0.15, 0.2) is 5.78 Å². The van der Waals surface area contributed by atoms with Crippen LogP contribution in [0.25, 0.3) is 0 Å². The maximum absolute atomic E-state index is 12.3. The predicted molar refractivity (Wildman–Crippen MR) is 71.6 cm³/mol. The van der Waals surface area contributed by atoms with Gasteiger partial charge in [0, 0.05) is 6.04 Å². The van der Waals surface area contributed by atoms with Crippen LogP contribution in [0.2, 0.25) is 0 Å². The summed E-state index contributed by atoms with van der Waals surface area (Å²) in [5.41, 5.74) is 3.75. The number of carbonyl (C=O) groups is 2. The summed E-state index contributed by atoms with van der Waals surface area (Å²) < 4.78 is 0. The monoisotopic (exact) mass is 279 g/mol. The molecule has 4 unspecified atom stereocenters. The van der Waals surface area contributed by atoms with Gasteiger partial charge in [-0.15, -0.1) is 11.6 Å². The number of nitrogens with one attached hydrogen (secondary N) is 2. The van der Waals surface area contributed by atoms with Crippen LogP contribution in [0.3, 0.4) is 0 Å². The van der Waals surface area contributed by atoms with Gasteiger partial charge in [0.1, 0.15) is 11.3 Å². The molecule has 0 saturated carbocycles. The number of hydrazine groups is 1. The lowest BCUT2D eigenvalue weighted by atomic mass is 9.91. The molecule has 2 N–H and O–H groups in total. The van der Waals surface area contributed by atoms with Crippen molar-refractivity contribution in [1.82, 2.24) is 10.7 Å². The van der Waals surface area contributed by atoms with E-state index in [1.165, 1.54) is 5.01 Å². The van der Waals surface area contributed by atoms with Crippen LogP contribution in [0.4, 0.5) is 5.69 Å². The second-order valence-electron chi connectivity index (χ2n) is 4.85. The quantitative estimate of drug-likeness (QED) is 0.585. The van der Waals surface area contributed by atoms with Crippen LogP contribution in [0.1, 0.15) is 6.92 Å². The molecule has 2 heterocycles. The first-order valence-corrected chi connectivity index (χ1v) is 6.62. The molecule has 1 aromatic rings. The smallest absolute Gasteiger partial charge is 0.255 e. The van der Waals surface area contributed by atoms with Crippen molar-refractivity contribution in [3.63, 3.8) is 0 Å². The Labute approximate surface area is 115 Å². The number of hydrogen-bond donors (Lipinski definition) is 2. The van der Waals surface area contributed by atoms with E-state index in [0.29, 0.717) is 0 Å². The molecular formula is C13H14ClN3O2. The van der Waals surface area contributed by atoms with E-state index in [2.05, 4.69) is 10.7 Å². The van der Waals surface area contributed by atoms with Crippen LogP contribution in [0.5, 0.6) is 0 Å². The molecule has 2 aliphatic heterocycles. The number of Topliss-reactive ketones (excluding diaryl/α,β-unsaturated/α-hetero) is 1. The minimum atomic E-state index is -0.751. The molecule has 100 valence electrons. The Morgan fingerprint density at radius 3 is 2.58 bits per heavy atom. The van der Waals surface area contributed by atoms with Crippen molar-refractivity contribution in [3.05, 3.63) is 30.3 Å². The molecule has 6 heteroatoms. The number of benzene rings is 1. The van der Waals surface area contributed by atoms with Gasteiger partial charge in [-0.25, -0.2) is 10.4 Å². The van der Waals surface area contributed by atoms with Gasteiger partial charge in [-0.05, 0) is 19.1 Å². The molecule has 0 aliphatic carbocycles. The SMILES string of the molecule is CC1NC2NN(c3ccccc3)C(=O)C2C(=O)C1Cl. The first kappa shape index (κ1) is 12.6. The molecule has 2 fully saturated rings. The third-order valence-corrected chi connectivity index (χ3v) is 4.16. The standard InChI is InChI=1S/C13H14ClN3O2/c1-7-10(14)11(18)9-12(15-7)16-17(13(9)19)8-5-3-2-4-6-8/h2-7,9-10,12,15-16H,1H3. The fraction of sp³-hybridized carbons (Fsp3) is 0.385. The molecule has 4 atom stereocenters. The Bertz CT molecular complexity index is 522. The number of ketones is 1. The number of rotatable bonds is 1. The van der Waals surface area contributed by atoms with E-state index in [1.54, 1.807) is 0 Å². The number of piperidine rings is 1. The lowest BCUT2D eigenvalue weighted by Gasteiger charge is -2.31. The van der Waals surface area contributed by atoms with Crippen molar-refractivity contribution in [2.75, 3.05) is 5.01 Å². The zero-order valence-electron chi connectivity index (χ0n) is 10.3. The van der Waals surface area contributed by atoms with Gasteiger partial charge in [0.05, 0.1) is 11.9 Å². The lowest BCUT2D eigenvalue weighted by molar-refractivity contribution is -0.132. The summed E-state index contributed by atoms with van der Waals surface area (Å²) in [4.78, 5) is 24.5. The normalized spacial score (nSPS) is 34.5. The number of halogens is 1. The molecule has 5 nitrogen and oxygen atoms in total. The fourth-order valence-electron chi connectivity index (χ4n) is 2.54. The molecule has 2 aliphatic rings. The van der Waals surface area contributed by atoms with Crippen LogP contribution < -0.4 is 15.8 Å². The molecule has 0 radical (unpaired) electrons. The number of carbonyl (C=O) groups excluding carboxylic acids is 2. The highest BCUT2D eigenvalue weighted by atomic mass is 35.5. The van der Waals surface area contributed by atoms with Gasteiger partial charge >= 0.3 is 0 Å². The molecular weight excluding hydrogens is 266 g/mol. The summed E-state index contributed by atoms with van der Waals surface area (Å²) in [5.74, 6) is -1.22. The molecule has 1 amide bonds. The summed E-state index contributed by atoms with van der Waals surface area (Å²) in [7, 11) is 0. The Morgan fingerprint density at radius 1 is 1.21 bits per heavy atom. The zero-order valence-corrected chi connectivity index (χ0v) is 11.1. The molecule has 2 saturated heterocycles. The zero-order chi connectivity index (χ0) is 13.6. The Kier molecular flexibility index (Phi) is 3.05. The number of fused-ring (bicyclic) bond motifs is 1. The van der Waals surface area contributed by atoms with Crippen LogP contribution in [0, 0.1) is 5.92 Å². The Hall–Kier alpha value is -1.43. The summed E-state index contributed by atoms with van der Waals surface area (Å²) >= 11 is 6.03. The highest BCUT2D eigenvalue weighted by Crippen LogP contribution is 2.28. The summed E-state index contributed by atoms with van der Waals surface area (Å²) in [6.45, 7) is 1.84. The van der Waals surface area contributed by atoms with E-state index in [4.69, 9.17) is 11.6 Å². The third kappa shape index (κ3) is 1.94. The third-order valence-electron chi connectivity index (χ3n) is 3.56. The second-order valence-corrected chi connectivity index (χ2v) is 5.32.